The molecule has 0 aromatic carbocycles. The van der Waals surface area contributed by atoms with E-state index in [2.05, 4.69) is 5.32 Å². The summed E-state index contributed by atoms with van der Waals surface area (Å²) in [6.07, 6.45) is 9.10. The highest BCUT2D eigenvalue weighted by molar-refractivity contribution is 5.07. The Morgan fingerprint density at radius 2 is 2.00 bits per heavy atom. The summed E-state index contributed by atoms with van der Waals surface area (Å²) >= 11 is 0. The lowest BCUT2D eigenvalue weighted by atomic mass is 9.63. The van der Waals surface area contributed by atoms with Crippen LogP contribution in [0.3, 0.4) is 0 Å². The Morgan fingerprint density at radius 3 is 2.56 bits per heavy atom. The van der Waals surface area contributed by atoms with Crippen LogP contribution in [-0.4, -0.2) is 26.8 Å². The van der Waals surface area contributed by atoms with Gasteiger partial charge in [0.25, 0.3) is 0 Å². The van der Waals surface area contributed by atoms with Gasteiger partial charge in [0.1, 0.15) is 0 Å². The number of methoxy groups -OCH3 is 1. The number of hydrogen-bond donors (Lipinski definition) is 1. The lowest BCUT2D eigenvalue weighted by molar-refractivity contribution is 0.0713. The Morgan fingerprint density at radius 1 is 1.25 bits per heavy atom. The first kappa shape index (κ1) is 11.0. The fraction of sp³-hybridized carbons (Fsp3) is 1.00. The number of hydrogen-bond acceptors (Lipinski definition) is 2. The molecule has 2 heteroatoms. The van der Waals surface area contributed by atoms with Crippen LogP contribution in [0.1, 0.15) is 38.5 Å². The predicted octanol–water partition coefficient (Wildman–Crippen LogP) is 2.44. The van der Waals surface area contributed by atoms with Gasteiger partial charge in [-0.05, 0) is 55.3 Å². The fourth-order valence-electron chi connectivity index (χ4n) is 4.09. The second-order valence-corrected chi connectivity index (χ2v) is 6.32. The van der Waals surface area contributed by atoms with Crippen molar-refractivity contribution in [2.24, 2.45) is 23.2 Å². The molecule has 3 aliphatic carbocycles. The second kappa shape index (κ2) is 4.30. The van der Waals surface area contributed by atoms with Gasteiger partial charge in [-0.2, -0.15) is 0 Å². The van der Waals surface area contributed by atoms with Crippen molar-refractivity contribution >= 4 is 0 Å². The Kier molecular flexibility index (Phi) is 2.97. The van der Waals surface area contributed by atoms with Gasteiger partial charge in [-0.1, -0.05) is 6.42 Å². The van der Waals surface area contributed by atoms with Crippen LogP contribution in [0.15, 0.2) is 0 Å². The quantitative estimate of drug-likeness (QED) is 0.698. The van der Waals surface area contributed by atoms with E-state index in [9.17, 15) is 0 Å². The number of ether oxygens (including phenoxy) is 1. The van der Waals surface area contributed by atoms with Crippen LogP contribution in [0.4, 0.5) is 0 Å². The molecule has 0 radical (unpaired) electrons. The van der Waals surface area contributed by atoms with E-state index in [1.807, 2.05) is 0 Å². The highest BCUT2D eigenvalue weighted by Gasteiger charge is 2.56. The molecule has 3 saturated carbocycles. The first-order valence-electron chi connectivity index (χ1n) is 7.04. The zero-order valence-corrected chi connectivity index (χ0v) is 10.5. The summed E-state index contributed by atoms with van der Waals surface area (Å²) in [6.45, 7) is 3.14. The van der Waals surface area contributed by atoms with Gasteiger partial charge in [-0.25, -0.2) is 0 Å². The first-order valence-corrected chi connectivity index (χ1v) is 7.04. The molecule has 2 atom stereocenters. The molecular weight excluding hydrogens is 198 g/mol. The summed E-state index contributed by atoms with van der Waals surface area (Å²) in [5, 5.41) is 3.63. The minimum absolute atomic E-state index is 0.694. The molecule has 2 unspecified atom stereocenters. The molecule has 0 heterocycles. The van der Waals surface area contributed by atoms with Gasteiger partial charge in [0.05, 0.1) is 6.61 Å². The van der Waals surface area contributed by atoms with Crippen LogP contribution >= 0.6 is 0 Å². The van der Waals surface area contributed by atoms with Gasteiger partial charge in [0, 0.05) is 20.2 Å². The van der Waals surface area contributed by atoms with Crippen molar-refractivity contribution in [1.29, 1.82) is 0 Å². The topological polar surface area (TPSA) is 21.3 Å². The van der Waals surface area contributed by atoms with Gasteiger partial charge >= 0.3 is 0 Å². The van der Waals surface area contributed by atoms with Crippen LogP contribution in [0.5, 0.6) is 0 Å². The van der Waals surface area contributed by atoms with Crippen LogP contribution in [0, 0.1) is 23.2 Å². The second-order valence-electron chi connectivity index (χ2n) is 6.32. The standard InChI is InChI=1S/C14H25NO/c1-16-6-5-15-10-14(13-3-2-4-13)8-11-7-12(11)9-14/h11-13,15H,2-10H2,1H3. The molecule has 0 aromatic rings. The molecular formula is C14H25NO. The molecule has 92 valence electrons. The van der Waals surface area contributed by atoms with E-state index < -0.39 is 0 Å². The maximum absolute atomic E-state index is 5.11. The van der Waals surface area contributed by atoms with Crippen molar-refractivity contribution < 1.29 is 4.74 Å². The molecule has 0 amide bonds. The van der Waals surface area contributed by atoms with Crippen molar-refractivity contribution in [2.75, 3.05) is 26.8 Å². The van der Waals surface area contributed by atoms with Crippen molar-refractivity contribution in [2.45, 2.75) is 38.5 Å². The SMILES string of the molecule is COCCNCC1(C2CCC2)CC2CC2C1. The van der Waals surface area contributed by atoms with Crippen LogP contribution in [0.25, 0.3) is 0 Å². The Hall–Kier alpha value is -0.0800. The third-order valence-electron chi connectivity index (χ3n) is 5.34. The summed E-state index contributed by atoms with van der Waals surface area (Å²) in [5.41, 5.74) is 0.694. The third-order valence-corrected chi connectivity index (χ3v) is 5.34. The van der Waals surface area contributed by atoms with E-state index in [-0.39, 0.29) is 0 Å². The Balaban J connectivity index is 1.53. The van der Waals surface area contributed by atoms with Crippen molar-refractivity contribution in [3.63, 3.8) is 0 Å². The molecule has 2 nitrogen and oxygen atoms in total. The average Bonchev–Trinajstić information content (AvgIpc) is 2.80. The van der Waals surface area contributed by atoms with Crippen LogP contribution < -0.4 is 5.32 Å². The van der Waals surface area contributed by atoms with Crippen LogP contribution in [0.2, 0.25) is 0 Å². The maximum atomic E-state index is 5.11. The van der Waals surface area contributed by atoms with Gasteiger partial charge < -0.3 is 10.1 Å². The highest BCUT2D eigenvalue weighted by atomic mass is 16.5. The smallest absolute Gasteiger partial charge is 0.0587 e. The Bertz CT molecular complexity index is 239. The summed E-state index contributed by atoms with van der Waals surface area (Å²) < 4.78 is 5.11. The molecule has 1 N–H and O–H groups in total. The Labute approximate surface area is 99.1 Å². The van der Waals surface area contributed by atoms with Crippen LogP contribution in [-0.2, 0) is 4.74 Å². The number of nitrogens with one attached hydrogen (secondary N) is 1. The van der Waals surface area contributed by atoms with Gasteiger partial charge in [0.2, 0.25) is 0 Å². The molecule has 0 saturated heterocycles. The van der Waals surface area contributed by atoms with E-state index in [4.69, 9.17) is 4.74 Å². The monoisotopic (exact) mass is 223 g/mol. The van der Waals surface area contributed by atoms with Crippen molar-refractivity contribution in [3.8, 4) is 0 Å². The van der Waals surface area contributed by atoms with E-state index >= 15 is 0 Å². The largest absolute Gasteiger partial charge is 0.383 e. The molecule has 3 aliphatic rings. The van der Waals surface area contributed by atoms with Gasteiger partial charge in [-0.3, -0.25) is 0 Å². The maximum Gasteiger partial charge on any atom is 0.0587 e. The minimum Gasteiger partial charge on any atom is -0.383 e. The molecule has 16 heavy (non-hydrogen) atoms. The third kappa shape index (κ3) is 1.91. The highest BCUT2D eigenvalue weighted by Crippen LogP contribution is 2.64. The summed E-state index contributed by atoms with van der Waals surface area (Å²) in [5.74, 6) is 3.28. The van der Waals surface area contributed by atoms with Crippen molar-refractivity contribution in [1.82, 2.24) is 5.32 Å². The molecule has 0 bridgehead atoms. The lowest BCUT2D eigenvalue weighted by Gasteiger charge is -2.44. The first-order chi connectivity index (χ1) is 7.84. The van der Waals surface area contributed by atoms with E-state index in [0.717, 1.165) is 30.9 Å². The molecule has 0 spiro atoms. The predicted molar refractivity (Wildman–Crippen MR) is 65.4 cm³/mol. The zero-order valence-electron chi connectivity index (χ0n) is 10.5. The summed E-state index contributed by atoms with van der Waals surface area (Å²) in [4.78, 5) is 0. The molecule has 0 aromatic heterocycles. The van der Waals surface area contributed by atoms with Gasteiger partial charge in [0.15, 0.2) is 0 Å². The molecule has 3 rings (SSSR count). The van der Waals surface area contributed by atoms with Gasteiger partial charge in [-0.15, -0.1) is 0 Å². The minimum atomic E-state index is 0.694. The number of fused-ring (bicyclic) bond motifs is 1. The van der Waals surface area contributed by atoms with E-state index in [0.29, 0.717) is 5.41 Å². The van der Waals surface area contributed by atoms with E-state index in [1.54, 1.807) is 13.5 Å². The number of rotatable bonds is 6. The van der Waals surface area contributed by atoms with E-state index in [1.165, 1.54) is 38.6 Å². The fourth-order valence-corrected chi connectivity index (χ4v) is 4.09. The molecule has 0 aliphatic heterocycles. The molecule has 3 fully saturated rings. The lowest BCUT2D eigenvalue weighted by Crippen LogP contribution is -2.43. The zero-order chi connectivity index (χ0) is 11.0. The average molecular weight is 223 g/mol. The summed E-state index contributed by atoms with van der Waals surface area (Å²) in [7, 11) is 1.79. The normalized spacial score (nSPS) is 41.8. The summed E-state index contributed by atoms with van der Waals surface area (Å²) in [6, 6.07) is 0. The van der Waals surface area contributed by atoms with Crippen molar-refractivity contribution in [3.05, 3.63) is 0 Å².